The normalized spacial score (nSPS) is 12.4. The fourth-order valence-corrected chi connectivity index (χ4v) is 3.64. The molecule has 0 aliphatic rings. The van der Waals surface area contributed by atoms with Gasteiger partial charge >= 0.3 is 0 Å². The number of hydrogen-bond acceptors (Lipinski definition) is 4. The van der Waals surface area contributed by atoms with E-state index in [-0.39, 0.29) is 16.1 Å². The average Bonchev–Trinajstić information content (AvgIpc) is 2.85. The summed E-state index contributed by atoms with van der Waals surface area (Å²) in [4.78, 5) is 0.249. The summed E-state index contributed by atoms with van der Waals surface area (Å²) in [5, 5.41) is 3.79. The Kier molecular flexibility index (Phi) is 4.67. The molecular formula is C15H19BrN2O3S. The van der Waals surface area contributed by atoms with Crippen molar-refractivity contribution in [2.75, 3.05) is 4.72 Å². The maximum absolute atomic E-state index is 12.5. The number of sulfonamides is 1. The lowest BCUT2D eigenvalue weighted by atomic mass is 9.93. The molecule has 2 aromatic rings. The zero-order chi connectivity index (χ0) is 16.5. The predicted molar refractivity (Wildman–Crippen MR) is 89.5 cm³/mol. The van der Waals surface area contributed by atoms with Gasteiger partial charge in [0.15, 0.2) is 5.82 Å². The number of rotatable bonds is 4. The maximum atomic E-state index is 12.5. The van der Waals surface area contributed by atoms with Crippen LogP contribution in [0.1, 0.15) is 39.0 Å². The molecule has 0 radical (unpaired) electrons. The van der Waals surface area contributed by atoms with Crippen molar-refractivity contribution in [2.24, 2.45) is 0 Å². The summed E-state index contributed by atoms with van der Waals surface area (Å²) in [6.07, 6.45) is 0.613. The molecule has 22 heavy (non-hydrogen) atoms. The molecule has 2 rings (SSSR count). The van der Waals surface area contributed by atoms with Crippen LogP contribution in [0, 0.1) is 0 Å². The molecule has 120 valence electrons. The number of anilines is 1. The van der Waals surface area contributed by atoms with Gasteiger partial charge in [-0.25, -0.2) is 8.42 Å². The number of nitrogens with zero attached hydrogens (tertiary/aromatic N) is 1. The van der Waals surface area contributed by atoms with Crippen molar-refractivity contribution in [1.29, 1.82) is 0 Å². The van der Waals surface area contributed by atoms with Crippen LogP contribution in [0.2, 0.25) is 0 Å². The van der Waals surface area contributed by atoms with Crippen molar-refractivity contribution in [2.45, 2.75) is 44.4 Å². The smallest absolute Gasteiger partial charge is 0.263 e. The van der Waals surface area contributed by atoms with Crippen molar-refractivity contribution in [3.8, 4) is 0 Å². The van der Waals surface area contributed by atoms with Crippen LogP contribution in [0.25, 0.3) is 0 Å². The summed E-state index contributed by atoms with van der Waals surface area (Å²) in [5.74, 6) is 0.812. The van der Waals surface area contributed by atoms with E-state index in [4.69, 9.17) is 4.52 Å². The van der Waals surface area contributed by atoms with E-state index < -0.39 is 10.0 Å². The van der Waals surface area contributed by atoms with Gasteiger partial charge in [0.05, 0.1) is 4.90 Å². The molecule has 0 saturated heterocycles. The van der Waals surface area contributed by atoms with Gasteiger partial charge in [0.2, 0.25) is 0 Å². The Bertz CT molecular complexity index is 776. The largest absolute Gasteiger partial charge is 0.359 e. The van der Waals surface area contributed by atoms with Crippen LogP contribution in [-0.2, 0) is 21.9 Å². The summed E-state index contributed by atoms with van der Waals surface area (Å²) in [5.41, 5.74) is 0.504. The Hall–Kier alpha value is -1.34. The van der Waals surface area contributed by atoms with Gasteiger partial charge in [-0.2, -0.15) is 0 Å². The Morgan fingerprint density at radius 1 is 1.27 bits per heavy atom. The summed E-state index contributed by atoms with van der Waals surface area (Å²) in [6.45, 7) is 7.82. The topological polar surface area (TPSA) is 72.2 Å². The van der Waals surface area contributed by atoms with Crippen LogP contribution in [0.4, 0.5) is 5.82 Å². The highest BCUT2D eigenvalue weighted by atomic mass is 79.9. The van der Waals surface area contributed by atoms with Crippen LogP contribution in [0.15, 0.2) is 38.2 Å². The molecule has 0 unspecified atom stereocenters. The summed E-state index contributed by atoms with van der Waals surface area (Å²) < 4.78 is 33.6. The first-order chi connectivity index (χ1) is 10.1. The van der Waals surface area contributed by atoms with Crippen molar-refractivity contribution in [3.63, 3.8) is 0 Å². The second-order valence-electron chi connectivity index (χ2n) is 6.04. The quantitative estimate of drug-likeness (QED) is 0.858. The Morgan fingerprint density at radius 3 is 2.50 bits per heavy atom. The molecule has 1 aromatic carbocycles. The van der Waals surface area contributed by atoms with E-state index in [0.29, 0.717) is 12.2 Å². The SMILES string of the molecule is CCc1cc(Br)ccc1S(=O)(=O)Nc1cc(C(C)(C)C)on1. The molecule has 0 saturated carbocycles. The van der Waals surface area contributed by atoms with Gasteiger partial charge in [0, 0.05) is 16.0 Å². The third kappa shape index (κ3) is 3.70. The molecule has 0 aliphatic carbocycles. The second kappa shape index (κ2) is 6.04. The van der Waals surface area contributed by atoms with E-state index in [2.05, 4.69) is 25.8 Å². The van der Waals surface area contributed by atoms with E-state index in [1.807, 2.05) is 27.7 Å². The highest BCUT2D eigenvalue weighted by Crippen LogP contribution is 2.27. The summed E-state index contributed by atoms with van der Waals surface area (Å²) in [7, 11) is -3.70. The van der Waals surface area contributed by atoms with Gasteiger partial charge in [0.1, 0.15) is 5.76 Å². The molecule has 0 spiro atoms. The molecule has 0 bridgehead atoms. The summed E-state index contributed by atoms with van der Waals surface area (Å²) in [6, 6.07) is 6.70. The molecule has 1 N–H and O–H groups in total. The fraction of sp³-hybridized carbons (Fsp3) is 0.400. The monoisotopic (exact) mass is 386 g/mol. The van der Waals surface area contributed by atoms with Gasteiger partial charge < -0.3 is 4.52 Å². The first-order valence-corrected chi connectivity index (χ1v) is 9.19. The van der Waals surface area contributed by atoms with Crippen molar-refractivity contribution in [1.82, 2.24) is 5.16 Å². The highest BCUT2D eigenvalue weighted by molar-refractivity contribution is 9.10. The molecule has 1 aromatic heterocycles. The van der Waals surface area contributed by atoms with Crippen molar-refractivity contribution < 1.29 is 12.9 Å². The minimum absolute atomic E-state index is 0.190. The Labute approximate surface area is 139 Å². The van der Waals surface area contributed by atoms with Gasteiger partial charge in [-0.1, -0.05) is 48.8 Å². The van der Waals surface area contributed by atoms with Gasteiger partial charge in [-0.15, -0.1) is 0 Å². The maximum Gasteiger partial charge on any atom is 0.263 e. The zero-order valence-electron chi connectivity index (χ0n) is 13.0. The number of nitrogens with one attached hydrogen (secondary N) is 1. The standard InChI is InChI=1S/C15H19BrN2O3S/c1-5-10-8-11(16)6-7-12(10)22(19,20)18-14-9-13(21-17-14)15(2,3)4/h6-9H,5H2,1-4H3,(H,17,18). The molecule has 0 atom stereocenters. The molecule has 7 heteroatoms. The van der Waals surface area contributed by atoms with E-state index in [1.165, 1.54) is 0 Å². The molecular weight excluding hydrogens is 368 g/mol. The number of benzene rings is 1. The average molecular weight is 387 g/mol. The second-order valence-corrected chi connectivity index (χ2v) is 8.60. The van der Waals surface area contributed by atoms with Crippen LogP contribution in [0.3, 0.4) is 0 Å². The van der Waals surface area contributed by atoms with Crippen LogP contribution < -0.4 is 4.72 Å². The lowest BCUT2D eigenvalue weighted by Crippen LogP contribution is -2.15. The minimum atomic E-state index is -3.70. The van der Waals surface area contributed by atoms with Gasteiger partial charge in [-0.3, -0.25) is 4.72 Å². The van der Waals surface area contributed by atoms with Crippen molar-refractivity contribution >= 4 is 31.8 Å². The van der Waals surface area contributed by atoms with Crippen molar-refractivity contribution in [3.05, 3.63) is 40.1 Å². The number of aromatic nitrogens is 1. The fourth-order valence-electron chi connectivity index (χ4n) is 1.96. The molecule has 0 aliphatic heterocycles. The van der Waals surface area contributed by atoms with E-state index >= 15 is 0 Å². The van der Waals surface area contributed by atoms with E-state index in [0.717, 1.165) is 10.0 Å². The van der Waals surface area contributed by atoms with Crippen LogP contribution >= 0.6 is 15.9 Å². The number of halogens is 1. The molecule has 5 nitrogen and oxygen atoms in total. The van der Waals surface area contributed by atoms with Gasteiger partial charge in [0.25, 0.3) is 10.0 Å². The summed E-state index contributed by atoms with van der Waals surface area (Å²) >= 11 is 3.35. The molecule has 0 fully saturated rings. The first-order valence-electron chi connectivity index (χ1n) is 6.92. The van der Waals surface area contributed by atoms with Crippen LogP contribution in [-0.4, -0.2) is 13.6 Å². The Morgan fingerprint density at radius 2 is 1.95 bits per heavy atom. The zero-order valence-corrected chi connectivity index (χ0v) is 15.4. The highest BCUT2D eigenvalue weighted by Gasteiger charge is 2.23. The minimum Gasteiger partial charge on any atom is -0.359 e. The lowest BCUT2D eigenvalue weighted by molar-refractivity contribution is 0.331. The van der Waals surface area contributed by atoms with Gasteiger partial charge in [-0.05, 0) is 30.2 Å². The lowest BCUT2D eigenvalue weighted by Gasteiger charge is -2.12. The first kappa shape index (κ1) is 17.0. The van der Waals surface area contributed by atoms with Crippen LogP contribution in [0.5, 0.6) is 0 Å². The third-order valence-corrected chi connectivity index (χ3v) is 5.13. The Balaban J connectivity index is 2.34. The number of hydrogen-bond donors (Lipinski definition) is 1. The molecule has 0 amide bonds. The molecule has 1 heterocycles. The van der Waals surface area contributed by atoms with E-state index in [9.17, 15) is 8.42 Å². The predicted octanol–water partition coefficient (Wildman–Crippen LogP) is 4.10. The number of aryl methyl sites for hydroxylation is 1. The third-order valence-electron chi connectivity index (χ3n) is 3.18. The van der Waals surface area contributed by atoms with E-state index in [1.54, 1.807) is 24.3 Å².